The zero-order chi connectivity index (χ0) is 33.8. The molecule has 0 aliphatic carbocycles. The molecule has 0 bridgehead atoms. The number of hydrogen-bond donors (Lipinski definition) is 0. The minimum atomic E-state index is 0.502. The highest BCUT2D eigenvalue weighted by Crippen LogP contribution is 2.42. The van der Waals surface area contributed by atoms with Gasteiger partial charge in [0.15, 0.2) is 0 Å². The van der Waals surface area contributed by atoms with Gasteiger partial charge in [0, 0.05) is 38.4 Å². The van der Waals surface area contributed by atoms with Gasteiger partial charge in [-0.25, -0.2) is 0 Å². The molecule has 9 rings (SSSR count). The molecule has 0 aliphatic heterocycles. The van der Waals surface area contributed by atoms with Gasteiger partial charge in [-0.3, -0.25) is 0 Å². The Balaban J connectivity index is 1.33. The van der Waals surface area contributed by atoms with Crippen LogP contribution in [0.2, 0.25) is 0 Å². The average molecular weight is 636 g/mol. The van der Waals surface area contributed by atoms with E-state index in [4.69, 9.17) is 0 Å². The fourth-order valence-electron chi connectivity index (χ4n) is 7.53. The van der Waals surface area contributed by atoms with Crippen LogP contribution in [0.5, 0.6) is 0 Å². The maximum Gasteiger partial charge on any atom is 0.0998 e. The molecule has 0 unspecified atom stereocenters. The van der Waals surface area contributed by atoms with Gasteiger partial charge in [0.1, 0.15) is 0 Å². The molecule has 0 saturated heterocycles. The van der Waals surface area contributed by atoms with E-state index in [9.17, 15) is 15.8 Å². The van der Waals surface area contributed by atoms with Gasteiger partial charge >= 0.3 is 0 Å². The summed E-state index contributed by atoms with van der Waals surface area (Å²) in [7, 11) is 0. The smallest absolute Gasteiger partial charge is 0.0998 e. The minimum Gasteiger partial charge on any atom is -0.309 e. The van der Waals surface area contributed by atoms with Gasteiger partial charge in [0.25, 0.3) is 0 Å². The summed E-state index contributed by atoms with van der Waals surface area (Å²) in [4.78, 5) is 0. The Morgan fingerprint density at radius 3 is 1.66 bits per heavy atom. The van der Waals surface area contributed by atoms with Crippen LogP contribution in [0.15, 0.2) is 152 Å². The number of benzene rings is 7. The SMILES string of the molecule is N#Cc1cc(-c2c(C#N)cccc2-c2ccccc2-n2c3ccccc3c3cc(C#N)ccc32)cc(-n2c3ccccc3c3ccccc32)c1. The predicted octanol–water partition coefficient (Wildman–Crippen LogP) is 10.8. The van der Waals surface area contributed by atoms with Gasteiger partial charge in [0.05, 0.1) is 62.7 Å². The summed E-state index contributed by atoms with van der Waals surface area (Å²) < 4.78 is 4.43. The highest BCUT2D eigenvalue weighted by atomic mass is 15.0. The van der Waals surface area contributed by atoms with Gasteiger partial charge in [-0.2, -0.15) is 15.8 Å². The van der Waals surface area contributed by atoms with E-state index in [1.165, 1.54) is 0 Å². The number of rotatable bonds is 4. The normalized spacial score (nSPS) is 11.1. The number of aromatic nitrogens is 2. The second-order valence-corrected chi connectivity index (χ2v) is 12.3. The third-order valence-electron chi connectivity index (χ3n) is 9.60. The third kappa shape index (κ3) is 4.31. The zero-order valence-corrected chi connectivity index (χ0v) is 26.7. The molecule has 7 aromatic carbocycles. The van der Waals surface area contributed by atoms with E-state index in [0.717, 1.165) is 77.2 Å². The molecule has 50 heavy (non-hydrogen) atoms. The number of nitriles is 3. The van der Waals surface area contributed by atoms with E-state index in [1.54, 1.807) is 0 Å². The lowest BCUT2D eigenvalue weighted by molar-refractivity contribution is 1.18. The van der Waals surface area contributed by atoms with Crippen LogP contribution >= 0.6 is 0 Å². The van der Waals surface area contributed by atoms with Crippen LogP contribution in [0.3, 0.4) is 0 Å². The second-order valence-electron chi connectivity index (χ2n) is 12.3. The van der Waals surface area contributed by atoms with Crippen molar-refractivity contribution in [3.05, 3.63) is 168 Å². The summed E-state index contributed by atoms with van der Waals surface area (Å²) in [6.45, 7) is 0. The molecule has 0 aliphatic rings. The van der Waals surface area contributed by atoms with Crippen LogP contribution in [0.25, 0.3) is 77.2 Å². The minimum absolute atomic E-state index is 0.502. The van der Waals surface area contributed by atoms with Gasteiger partial charge < -0.3 is 9.13 Å². The molecule has 0 fully saturated rings. The summed E-state index contributed by atoms with van der Waals surface area (Å²) in [5.41, 5.74) is 10.8. The van der Waals surface area contributed by atoms with E-state index in [0.29, 0.717) is 16.7 Å². The van der Waals surface area contributed by atoms with E-state index < -0.39 is 0 Å². The van der Waals surface area contributed by atoms with E-state index in [-0.39, 0.29) is 0 Å². The first-order valence-electron chi connectivity index (χ1n) is 16.3. The first-order chi connectivity index (χ1) is 24.7. The van der Waals surface area contributed by atoms with Crippen LogP contribution in [0.1, 0.15) is 16.7 Å². The van der Waals surface area contributed by atoms with Gasteiger partial charge in [-0.15, -0.1) is 0 Å². The van der Waals surface area contributed by atoms with Crippen molar-refractivity contribution in [1.82, 2.24) is 9.13 Å². The molecule has 0 amide bonds. The van der Waals surface area contributed by atoms with Crippen molar-refractivity contribution in [1.29, 1.82) is 15.8 Å². The molecule has 0 atom stereocenters. The van der Waals surface area contributed by atoms with Gasteiger partial charge in [-0.05, 0) is 77.9 Å². The van der Waals surface area contributed by atoms with Crippen molar-refractivity contribution < 1.29 is 0 Å². The van der Waals surface area contributed by atoms with Crippen LogP contribution in [-0.4, -0.2) is 9.13 Å². The number of fused-ring (bicyclic) bond motifs is 6. The summed E-state index contributed by atoms with van der Waals surface area (Å²) in [5.74, 6) is 0. The number of nitrogens with zero attached hydrogens (tertiary/aromatic N) is 5. The van der Waals surface area contributed by atoms with Crippen molar-refractivity contribution in [3.8, 4) is 51.8 Å². The number of hydrogen-bond acceptors (Lipinski definition) is 3. The van der Waals surface area contributed by atoms with Gasteiger partial charge in [-0.1, -0.05) is 84.9 Å². The van der Waals surface area contributed by atoms with E-state index in [1.807, 2.05) is 91.0 Å². The quantitative estimate of drug-likeness (QED) is 0.193. The Kier molecular flexibility index (Phi) is 6.56. The number of para-hydroxylation sites is 4. The van der Waals surface area contributed by atoms with Crippen molar-refractivity contribution in [2.24, 2.45) is 0 Å². The first-order valence-corrected chi connectivity index (χ1v) is 16.3. The van der Waals surface area contributed by atoms with Crippen LogP contribution in [0.4, 0.5) is 0 Å². The monoisotopic (exact) mass is 635 g/mol. The molecule has 2 heterocycles. The molecule has 2 aromatic heterocycles. The molecule has 0 saturated carbocycles. The lowest BCUT2D eigenvalue weighted by atomic mass is 9.89. The standard InChI is InChI=1S/C45H25N5/c46-26-29-20-21-44-39(24-29)37-14-4-8-19-43(37)50(44)42-18-7-3-13-36(42)38-15-9-10-31(28-48)45(38)32-22-30(27-47)23-33(25-32)49-40-16-5-1-11-34(40)35-12-2-6-17-41(35)49/h1-25H. The Labute approximate surface area is 287 Å². The van der Waals surface area contributed by atoms with E-state index >= 15 is 0 Å². The molecular weight excluding hydrogens is 611 g/mol. The molecule has 0 radical (unpaired) electrons. The van der Waals surface area contributed by atoms with Crippen LogP contribution in [0, 0.1) is 34.0 Å². The van der Waals surface area contributed by atoms with E-state index in [2.05, 4.69) is 88.0 Å². The molecule has 230 valence electrons. The molecular formula is C45H25N5. The Morgan fingerprint density at radius 2 is 0.980 bits per heavy atom. The van der Waals surface area contributed by atoms with Crippen LogP contribution < -0.4 is 0 Å². The van der Waals surface area contributed by atoms with Crippen molar-refractivity contribution in [3.63, 3.8) is 0 Å². The highest BCUT2D eigenvalue weighted by Gasteiger charge is 2.21. The third-order valence-corrected chi connectivity index (χ3v) is 9.60. The topological polar surface area (TPSA) is 81.2 Å². The lowest BCUT2D eigenvalue weighted by Crippen LogP contribution is -2.00. The maximum atomic E-state index is 10.5. The molecule has 5 nitrogen and oxygen atoms in total. The van der Waals surface area contributed by atoms with Crippen molar-refractivity contribution in [2.75, 3.05) is 0 Å². The molecule has 0 N–H and O–H groups in total. The average Bonchev–Trinajstić information content (AvgIpc) is 3.70. The Bertz CT molecular complexity index is 2920. The summed E-state index contributed by atoms with van der Waals surface area (Å²) in [6.07, 6.45) is 0. The Hall–Kier alpha value is -7.39. The predicted molar refractivity (Wildman–Crippen MR) is 200 cm³/mol. The maximum absolute atomic E-state index is 10.5. The van der Waals surface area contributed by atoms with Gasteiger partial charge in [0.2, 0.25) is 0 Å². The Morgan fingerprint density at radius 1 is 0.400 bits per heavy atom. The van der Waals surface area contributed by atoms with Crippen LogP contribution in [-0.2, 0) is 0 Å². The fraction of sp³-hybridized carbons (Fsp3) is 0. The fourth-order valence-corrected chi connectivity index (χ4v) is 7.53. The largest absolute Gasteiger partial charge is 0.309 e. The summed E-state index contributed by atoms with van der Waals surface area (Å²) in [5, 5.41) is 34.9. The highest BCUT2D eigenvalue weighted by molar-refractivity contribution is 6.11. The van der Waals surface area contributed by atoms with Crippen molar-refractivity contribution >= 4 is 43.6 Å². The summed E-state index contributed by atoms with van der Waals surface area (Å²) >= 11 is 0. The zero-order valence-electron chi connectivity index (χ0n) is 26.7. The lowest BCUT2D eigenvalue weighted by Gasteiger charge is -2.19. The second kappa shape index (κ2) is 11.4. The molecule has 9 aromatic rings. The van der Waals surface area contributed by atoms with Crippen molar-refractivity contribution in [2.45, 2.75) is 0 Å². The molecule has 0 spiro atoms. The summed E-state index contributed by atoms with van der Waals surface area (Å²) in [6, 6.07) is 57.7. The first kappa shape index (κ1) is 28.8. The molecule has 5 heteroatoms.